The molecule has 0 saturated carbocycles. The van der Waals surface area contributed by atoms with E-state index in [4.69, 9.17) is 4.74 Å². The lowest BCUT2D eigenvalue weighted by Gasteiger charge is -2.29. The molecule has 1 aromatic carbocycles. The number of carbonyl (C=O) groups excluding carboxylic acids is 2. The molecule has 2 N–H and O–H groups in total. The molecule has 0 spiro atoms. The minimum absolute atomic E-state index is 0.0578. The summed E-state index contributed by atoms with van der Waals surface area (Å²) >= 11 is 0. The number of rotatable bonds is 5. The normalized spacial score (nSPS) is 22.7. The molecule has 34 heavy (non-hydrogen) atoms. The molecule has 2 heterocycles. The zero-order chi connectivity index (χ0) is 23.7. The van der Waals surface area contributed by atoms with Gasteiger partial charge < -0.3 is 15.0 Å². The van der Waals surface area contributed by atoms with Crippen molar-refractivity contribution in [1.29, 1.82) is 0 Å². The summed E-state index contributed by atoms with van der Waals surface area (Å²) in [6.45, 7) is 1.81. The van der Waals surface area contributed by atoms with Gasteiger partial charge in [0.05, 0.1) is 6.04 Å². The quantitative estimate of drug-likeness (QED) is 0.664. The highest BCUT2D eigenvalue weighted by molar-refractivity contribution is 7.92. The molecule has 1 atom stereocenters. The summed E-state index contributed by atoms with van der Waals surface area (Å²) in [4.78, 5) is 27.4. The van der Waals surface area contributed by atoms with Gasteiger partial charge in [0.2, 0.25) is 5.91 Å². The second kappa shape index (κ2) is 9.70. The average molecular weight is 488 g/mol. The monoisotopic (exact) mass is 487 g/mol. The number of likely N-dealkylation sites (tertiary alicyclic amines) is 1. The standard InChI is InChI=1S/C25H33N3O5S/c29-24(17-9-13-33-14-10-17)28-12-3-6-20(28)11-15-34(31,32)27-25(30)26-23-21-7-1-4-18(21)16-19-5-2-8-22(19)23/h11,15-17,20H,1-10,12-14H2,(H2,26,27,30). The van der Waals surface area contributed by atoms with Crippen LogP contribution >= 0.6 is 0 Å². The van der Waals surface area contributed by atoms with Crippen LogP contribution in [0, 0.1) is 5.92 Å². The smallest absolute Gasteiger partial charge is 0.333 e. The van der Waals surface area contributed by atoms with Crippen LogP contribution in [0.25, 0.3) is 0 Å². The number of benzene rings is 1. The second-order valence-electron chi connectivity index (χ2n) is 9.79. The molecule has 1 aromatic rings. The molecule has 9 heteroatoms. The Morgan fingerprint density at radius 1 is 0.971 bits per heavy atom. The van der Waals surface area contributed by atoms with Crippen LogP contribution < -0.4 is 10.0 Å². The summed E-state index contributed by atoms with van der Waals surface area (Å²) in [5, 5.41) is 3.89. The van der Waals surface area contributed by atoms with Gasteiger partial charge in [-0.3, -0.25) is 4.79 Å². The fraction of sp³-hybridized carbons (Fsp3) is 0.600. The SMILES string of the molecule is O=C(Nc1c2c(cc3c1CCC3)CCC2)NS(=O)(=O)C=CC1CCCN1C(=O)C1CCOCC1. The number of nitrogens with zero attached hydrogens (tertiary/aromatic N) is 1. The summed E-state index contributed by atoms with van der Waals surface area (Å²) in [7, 11) is -3.99. The van der Waals surface area contributed by atoms with Gasteiger partial charge in [-0.15, -0.1) is 0 Å². The lowest BCUT2D eigenvalue weighted by Crippen LogP contribution is -2.41. The first kappa shape index (κ1) is 23.4. The van der Waals surface area contributed by atoms with Crippen molar-refractivity contribution in [2.45, 2.75) is 70.3 Å². The molecular weight excluding hydrogens is 454 g/mol. The number of fused-ring (bicyclic) bond motifs is 2. The molecule has 3 amide bonds. The van der Waals surface area contributed by atoms with E-state index in [9.17, 15) is 18.0 Å². The summed E-state index contributed by atoms with van der Waals surface area (Å²) in [6, 6.07) is 1.26. The van der Waals surface area contributed by atoms with Crippen LogP contribution in [0.5, 0.6) is 0 Å². The lowest BCUT2D eigenvalue weighted by molar-refractivity contribution is -0.138. The number of nitrogens with one attached hydrogen (secondary N) is 2. The Bertz CT molecular complexity index is 1080. The largest absolute Gasteiger partial charge is 0.381 e. The van der Waals surface area contributed by atoms with Crippen molar-refractivity contribution in [3.05, 3.63) is 39.8 Å². The Hall–Kier alpha value is -2.39. The number of urea groups is 1. The van der Waals surface area contributed by atoms with E-state index in [0.717, 1.165) is 73.6 Å². The first-order valence-electron chi connectivity index (χ1n) is 12.5. The van der Waals surface area contributed by atoms with Gasteiger partial charge in [-0.1, -0.05) is 6.07 Å². The van der Waals surface area contributed by atoms with E-state index in [2.05, 4.69) is 16.1 Å². The first-order chi connectivity index (χ1) is 16.4. The Kier molecular flexibility index (Phi) is 6.66. The van der Waals surface area contributed by atoms with Crippen molar-refractivity contribution in [2.24, 2.45) is 5.92 Å². The minimum Gasteiger partial charge on any atom is -0.381 e. The van der Waals surface area contributed by atoms with Crippen LogP contribution in [0.3, 0.4) is 0 Å². The van der Waals surface area contributed by atoms with Crippen LogP contribution in [0.2, 0.25) is 0 Å². The van der Waals surface area contributed by atoms with E-state index in [1.54, 1.807) is 4.90 Å². The minimum atomic E-state index is -3.99. The van der Waals surface area contributed by atoms with Crippen LogP contribution in [0.15, 0.2) is 17.6 Å². The molecule has 4 aliphatic rings. The topological polar surface area (TPSA) is 105 Å². The molecule has 0 radical (unpaired) electrons. The van der Waals surface area contributed by atoms with Crippen molar-refractivity contribution >= 4 is 27.6 Å². The molecule has 1 unspecified atom stereocenters. The van der Waals surface area contributed by atoms with Crippen molar-refractivity contribution in [3.63, 3.8) is 0 Å². The van der Waals surface area contributed by atoms with Gasteiger partial charge in [0.15, 0.2) is 0 Å². The van der Waals surface area contributed by atoms with Crippen molar-refractivity contribution < 1.29 is 22.7 Å². The number of hydrogen-bond donors (Lipinski definition) is 2. The number of carbonyl (C=O) groups is 2. The third kappa shape index (κ3) is 4.86. The number of sulfonamides is 1. The fourth-order valence-corrected chi connectivity index (χ4v) is 6.67. The van der Waals surface area contributed by atoms with Crippen molar-refractivity contribution in [3.8, 4) is 0 Å². The lowest BCUT2D eigenvalue weighted by atomic mass is 9.98. The Labute approximate surface area is 201 Å². The maximum absolute atomic E-state index is 12.9. The number of anilines is 1. The first-order valence-corrected chi connectivity index (χ1v) is 14.0. The molecule has 5 rings (SSSR count). The molecule has 2 saturated heterocycles. The van der Waals surface area contributed by atoms with E-state index in [0.29, 0.717) is 32.6 Å². The van der Waals surface area contributed by atoms with Crippen molar-refractivity contribution in [1.82, 2.24) is 9.62 Å². The van der Waals surface area contributed by atoms with Crippen LogP contribution in [0.1, 0.15) is 60.8 Å². The Morgan fingerprint density at radius 3 is 2.32 bits per heavy atom. The van der Waals surface area contributed by atoms with Crippen LogP contribution in [0.4, 0.5) is 10.5 Å². The summed E-state index contributed by atoms with van der Waals surface area (Å²) in [5.41, 5.74) is 5.65. The fourth-order valence-electron chi connectivity index (χ4n) is 5.91. The van der Waals surface area contributed by atoms with E-state index in [1.165, 1.54) is 17.2 Å². The number of amides is 3. The number of aryl methyl sites for hydroxylation is 2. The third-order valence-electron chi connectivity index (χ3n) is 7.58. The summed E-state index contributed by atoms with van der Waals surface area (Å²) in [6.07, 6.45) is 10.4. The van der Waals surface area contributed by atoms with Gasteiger partial charge in [0.1, 0.15) is 0 Å². The number of hydrogen-bond acceptors (Lipinski definition) is 5. The number of ether oxygens (including phenoxy) is 1. The van der Waals surface area contributed by atoms with E-state index in [-0.39, 0.29) is 17.9 Å². The average Bonchev–Trinajstić information content (AvgIpc) is 3.57. The van der Waals surface area contributed by atoms with Crippen LogP contribution in [-0.4, -0.2) is 51.1 Å². The zero-order valence-electron chi connectivity index (χ0n) is 19.5. The van der Waals surface area contributed by atoms with Gasteiger partial charge >= 0.3 is 6.03 Å². The van der Waals surface area contributed by atoms with E-state index >= 15 is 0 Å². The third-order valence-corrected chi connectivity index (χ3v) is 8.56. The second-order valence-corrected chi connectivity index (χ2v) is 11.4. The molecule has 2 fully saturated rings. The summed E-state index contributed by atoms with van der Waals surface area (Å²) in [5.74, 6) is 0.0166. The zero-order valence-corrected chi connectivity index (χ0v) is 20.3. The van der Waals surface area contributed by atoms with Crippen molar-refractivity contribution in [2.75, 3.05) is 25.1 Å². The summed E-state index contributed by atoms with van der Waals surface area (Å²) < 4.78 is 32.8. The van der Waals surface area contributed by atoms with Gasteiger partial charge in [0, 0.05) is 36.8 Å². The molecule has 2 aliphatic heterocycles. The van der Waals surface area contributed by atoms with Crippen LogP contribution in [-0.2, 0) is 45.2 Å². The highest BCUT2D eigenvalue weighted by atomic mass is 32.2. The maximum Gasteiger partial charge on any atom is 0.333 e. The predicted molar refractivity (Wildman–Crippen MR) is 129 cm³/mol. The molecular formula is C25H33N3O5S. The Balaban J connectivity index is 1.24. The molecule has 0 bridgehead atoms. The van der Waals surface area contributed by atoms with Gasteiger partial charge in [-0.05, 0) is 92.5 Å². The highest BCUT2D eigenvalue weighted by Crippen LogP contribution is 2.38. The van der Waals surface area contributed by atoms with Gasteiger partial charge in [-0.25, -0.2) is 17.9 Å². The molecule has 184 valence electrons. The predicted octanol–water partition coefficient (Wildman–Crippen LogP) is 3.05. The van der Waals surface area contributed by atoms with E-state index < -0.39 is 16.1 Å². The maximum atomic E-state index is 12.9. The van der Waals surface area contributed by atoms with Gasteiger partial charge in [0.25, 0.3) is 10.0 Å². The molecule has 2 aliphatic carbocycles. The molecule has 8 nitrogen and oxygen atoms in total. The molecule has 0 aromatic heterocycles. The van der Waals surface area contributed by atoms with E-state index in [1.807, 2.05) is 0 Å². The Morgan fingerprint density at radius 2 is 1.65 bits per heavy atom. The highest BCUT2D eigenvalue weighted by Gasteiger charge is 2.33. The van der Waals surface area contributed by atoms with Gasteiger partial charge in [-0.2, -0.15) is 0 Å².